The van der Waals surface area contributed by atoms with Crippen LogP contribution >= 0.6 is 42.1 Å². The molecule has 7 nitrogen and oxygen atoms in total. The molecule has 168 valence electrons. The van der Waals surface area contributed by atoms with E-state index >= 15 is 0 Å². The quantitative estimate of drug-likeness (QED) is 0.305. The van der Waals surface area contributed by atoms with Crippen LogP contribution in [-0.4, -0.2) is 32.9 Å². The maximum absolute atomic E-state index is 13.6. The molecule has 0 N–H and O–H groups in total. The maximum atomic E-state index is 13.6. The number of hydrogen-bond acceptors (Lipinski definition) is 7. The van der Waals surface area contributed by atoms with Gasteiger partial charge in [0.1, 0.15) is 6.29 Å². The fourth-order valence-corrected chi connectivity index (χ4v) is 8.20. The SMILES string of the molecule is CCOP(=O)(CN(c1ccc2nc(C)sc2c1)S(=O)(=O)c1cc(Cl)cc(Cl)c1)OCC. The summed E-state index contributed by atoms with van der Waals surface area (Å²) in [7, 11) is -7.98. The molecule has 0 atom stereocenters. The average molecular weight is 523 g/mol. The normalized spacial score (nSPS) is 12.4. The summed E-state index contributed by atoms with van der Waals surface area (Å²) >= 11 is 13.5. The third kappa shape index (κ3) is 5.60. The zero-order valence-corrected chi connectivity index (χ0v) is 21.1. The molecule has 1 aromatic heterocycles. The largest absolute Gasteiger partial charge is 0.350 e. The van der Waals surface area contributed by atoms with Gasteiger partial charge in [-0.25, -0.2) is 13.4 Å². The molecule has 0 aliphatic heterocycles. The lowest BCUT2D eigenvalue weighted by molar-refractivity contribution is 0.221. The molecule has 0 aliphatic rings. The first-order chi connectivity index (χ1) is 14.6. The van der Waals surface area contributed by atoms with Gasteiger partial charge in [0.05, 0.1) is 39.0 Å². The van der Waals surface area contributed by atoms with Gasteiger partial charge in [0, 0.05) is 10.0 Å². The molecule has 0 spiro atoms. The summed E-state index contributed by atoms with van der Waals surface area (Å²) in [6.07, 6.45) is -0.509. The van der Waals surface area contributed by atoms with E-state index in [1.54, 1.807) is 32.0 Å². The molecular weight excluding hydrogens is 502 g/mol. The van der Waals surface area contributed by atoms with Crippen molar-refractivity contribution in [1.82, 2.24) is 4.98 Å². The Bertz CT molecular complexity index is 1220. The summed E-state index contributed by atoms with van der Waals surface area (Å²) in [6.45, 7) is 5.38. The molecule has 0 saturated carbocycles. The Morgan fingerprint density at radius 1 is 1.06 bits per heavy atom. The lowest BCUT2D eigenvalue weighted by Gasteiger charge is -2.28. The molecule has 0 radical (unpaired) electrons. The minimum Gasteiger partial charge on any atom is -0.308 e. The van der Waals surface area contributed by atoms with Crippen molar-refractivity contribution in [3.8, 4) is 0 Å². The standard InChI is InChI=1S/C19H21Cl2N2O5PS2/c1-4-27-29(24,28-5-2)12-23(16-6-7-18-19(11-16)30-13(3)22-18)31(25,26)17-9-14(20)8-15(21)10-17/h6-11H,4-5,12H2,1-3H3. The number of anilines is 1. The van der Waals surface area contributed by atoms with Gasteiger partial charge < -0.3 is 9.05 Å². The Balaban J connectivity index is 2.17. The summed E-state index contributed by atoms with van der Waals surface area (Å²) in [5.41, 5.74) is 1.04. The molecule has 0 bridgehead atoms. The number of halogens is 2. The zero-order valence-electron chi connectivity index (χ0n) is 17.0. The smallest absolute Gasteiger partial charge is 0.308 e. The molecule has 0 amide bonds. The number of fused-ring (bicyclic) bond motifs is 1. The van der Waals surface area contributed by atoms with Gasteiger partial charge in [-0.15, -0.1) is 11.3 Å². The van der Waals surface area contributed by atoms with E-state index in [0.717, 1.165) is 19.5 Å². The number of aryl methyl sites for hydroxylation is 1. The second-order valence-electron chi connectivity index (χ2n) is 6.43. The topological polar surface area (TPSA) is 85.8 Å². The van der Waals surface area contributed by atoms with E-state index in [2.05, 4.69) is 4.98 Å². The van der Waals surface area contributed by atoms with Crippen molar-refractivity contribution in [2.24, 2.45) is 0 Å². The van der Waals surface area contributed by atoms with Crippen LogP contribution in [-0.2, 0) is 23.6 Å². The predicted molar refractivity (Wildman–Crippen MR) is 126 cm³/mol. The first-order valence-electron chi connectivity index (χ1n) is 9.32. The van der Waals surface area contributed by atoms with Crippen LogP contribution in [0, 0.1) is 6.92 Å². The minimum absolute atomic E-state index is 0.0984. The third-order valence-electron chi connectivity index (χ3n) is 4.14. The number of hydrogen-bond donors (Lipinski definition) is 0. The molecule has 12 heteroatoms. The highest BCUT2D eigenvalue weighted by molar-refractivity contribution is 7.93. The van der Waals surface area contributed by atoms with E-state index in [9.17, 15) is 13.0 Å². The first-order valence-corrected chi connectivity index (χ1v) is 14.1. The molecule has 0 saturated heterocycles. The van der Waals surface area contributed by atoms with E-state index in [1.165, 1.54) is 29.5 Å². The number of thiazole rings is 1. The summed E-state index contributed by atoms with van der Waals surface area (Å²) in [5.74, 6) is 0. The van der Waals surface area contributed by atoms with Crippen molar-refractivity contribution < 1.29 is 22.0 Å². The average Bonchev–Trinajstić information content (AvgIpc) is 3.05. The van der Waals surface area contributed by atoms with E-state index < -0.39 is 23.9 Å². The lowest BCUT2D eigenvalue weighted by atomic mass is 10.3. The van der Waals surface area contributed by atoms with Crippen LogP contribution in [0.25, 0.3) is 10.2 Å². The fourth-order valence-electron chi connectivity index (χ4n) is 2.95. The Kier molecular flexibility index (Phi) is 7.69. The van der Waals surface area contributed by atoms with Crippen molar-refractivity contribution in [3.05, 3.63) is 51.5 Å². The van der Waals surface area contributed by atoms with Crippen LogP contribution in [0.3, 0.4) is 0 Å². The highest BCUT2D eigenvalue weighted by atomic mass is 35.5. The van der Waals surface area contributed by atoms with Gasteiger partial charge >= 0.3 is 7.60 Å². The van der Waals surface area contributed by atoms with E-state index in [-0.39, 0.29) is 28.2 Å². The molecule has 2 aromatic carbocycles. The molecular formula is C19H21Cl2N2O5PS2. The second-order valence-corrected chi connectivity index (χ2v) is 12.4. The van der Waals surface area contributed by atoms with E-state index in [0.29, 0.717) is 5.69 Å². The van der Waals surface area contributed by atoms with Crippen LogP contribution in [0.4, 0.5) is 5.69 Å². The van der Waals surface area contributed by atoms with E-state index in [1.807, 2.05) is 6.92 Å². The highest BCUT2D eigenvalue weighted by Gasteiger charge is 2.35. The molecule has 0 fully saturated rings. The van der Waals surface area contributed by atoms with Gasteiger partial charge in [-0.05, 0) is 57.2 Å². The highest BCUT2D eigenvalue weighted by Crippen LogP contribution is 2.50. The Hall–Kier alpha value is -1.19. The summed E-state index contributed by atoms with van der Waals surface area (Å²) in [4.78, 5) is 4.27. The van der Waals surface area contributed by atoms with Gasteiger partial charge in [-0.3, -0.25) is 8.87 Å². The summed E-state index contributed by atoms with van der Waals surface area (Å²) in [5, 5.41) is 1.17. The number of nitrogens with zero attached hydrogens (tertiary/aromatic N) is 2. The predicted octanol–water partition coefficient (Wildman–Crippen LogP) is 6.33. The Labute approximate surface area is 195 Å². The zero-order chi connectivity index (χ0) is 22.8. The van der Waals surface area contributed by atoms with Gasteiger partial charge in [0.2, 0.25) is 0 Å². The van der Waals surface area contributed by atoms with Crippen molar-refractivity contribution in [3.63, 3.8) is 0 Å². The fraction of sp³-hybridized carbons (Fsp3) is 0.316. The van der Waals surface area contributed by atoms with Crippen molar-refractivity contribution >= 4 is 68.1 Å². The van der Waals surface area contributed by atoms with Crippen molar-refractivity contribution in [1.29, 1.82) is 0 Å². The van der Waals surface area contributed by atoms with Crippen LogP contribution in [0.15, 0.2) is 41.3 Å². The third-order valence-corrected chi connectivity index (χ3v) is 9.39. The van der Waals surface area contributed by atoms with Crippen LogP contribution in [0.2, 0.25) is 10.0 Å². The second kappa shape index (κ2) is 9.75. The Morgan fingerprint density at radius 3 is 2.26 bits per heavy atom. The summed E-state index contributed by atoms with van der Waals surface area (Å²) < 4.78 is 53.0. The van der Waals surface area contributed by atoms with Gasteiger partial charge in [-0.1, -0.05) is 23.2 Å². The van der Waals surface area contributed by atoms with Crippen molar-refractivity contribution in [2.45, 2.75) is 25.7 Å². The molecule has 1 heterocycles. The van der Waals surface area contributed by atoms with Gasteiger partial charge in [0.15, 0.2) is 0 Å². The summed E-state index contributed by atoms with van der Waals surface area (Å²) in [6, 6.07) is 9.02. The minimum atomic E-state index is -4.21. The maximum Gasteiger partial charge on any atom is 0.350 e. The van der Waals surface area contributed by atoms with Gasteiger partial charge in [-0.2, -0.15) is 0 Å². The molecule has 0 unspecified atom stereocenters. The number of sulfonamides is 1. The van der Waals surface area contributed by atoms with Crippen LogP contribution < -0.4 is 4.31 Å². The first kappa shape index (κ1) is 24.5. The molecule has 31 heavy (non-hydrogen) atoms. The van der Waals surface area contributed by atoms with E-state index in [4.69, 9.17) is 32.2 Å². The number of rotatable bonds is 9. The molecule has 3 aromatic rings. The number of aromatic nitrogens is 1. The van der Waals surface area contributed by atoms with Gasteiger partial charge in [0.25, 0.3) is 10.0 Å². The number of benzene rings is 2. The lowest BCUT2D eigenvalue weighted by Crippen LogP contribution is -2.32. The van der Waals surface area contributed by atoms with Crippen LogP contribution in [0.1, 0.15) is 18.9 Å². The Morgan fingerprint density at radius 2 is 1.68 bits per heavy atom. The van der Waals surface area contributed by atoms with Crippen LogP contribution in [0.5, 0.6) is 0 Å². The van der Waals surface area contributed by atoms with Crippen molar-refractivity contribution in [2.75, 3.05) is 23.8 Å². The monoisotopic (exact) mass is 522 g/mol. The molecule has 3 rings (SSSR count). The molecule has 0 aliphatic carbocycles.